The lowest BCUT2D eigenvalue weighted by Crippen LogP contribution is -2.32. The second kappa shape index (κ2) is 11.0. The summed E-state index contributed by atoms with van der Waals surface area (Å²) in [5.41, 5.74) is 4.12. The van der Waals surface area contributed by atoms with Crippen LogP contribution in [0, 0.1) is 20.8 Å². The summed E-state index contributed by atoms with van der Waals surface area (Å²) in [5.74, 6) is 0.799. The number of nitrogens with zero attached hydrogens (tertiary/aromatic N) is 2. The minimum absolute atomic E-state index is 0.208. The molecule has 8 heteroatoms. The fourth-order valence-corrected chi connectivity index (χ4v) is 5.29. The van der Waals surface area contributed by atoms with Crippen molar-refractivity contribution in [1.82, 2.24) is 9.29 Å². The van der Waals surface area contributed by atoms with E-state index in [1.54, 1.807) is 19.2 Å². The molecule has 172 valence electrons. The summed E-state index contributed by atoms with van der Waals surface area (Å²) in [7, 11) is -2.03. The van der Waals surface area contributed by atoms with Gasteiger partial charge in [-0.2, -0.15) is 4.31 Å². The van der Waals surface area contributed by atoms with E-state index in [1.807, 2.05) is 42.6 Å². The van der Waals surface area contributed by atoms with Crippen LogP contribution >= 0.6 is 11.3 Å². The van der Waals surface area contributed by atoms with Gasteiger partial charge in [0.1, 0.15) is 17.4 Å². The summed E-state index contributed by atoms with van der Waals surface area (Å²) in [6.07, 6.45) is 0.606. The quantitative estimate of drug-likeness (QED) is 0.371. The topological polar surface area (TPSA) is 68.7 Å². The van der Waals surface area contributed by atoms with E-state index >= 15 is 0 Å². The molecule has 0 unspecified atom stereocenters. The average Bonchev–Trinajstić information content (AvgIpc) is 3.22. The van der Waals surface area contributed by atoms with Gasteiger partial charge in [0.05, 0.1) is 17.1 Å². The number of sulfonamides is 1. The Kier molecular flexibility index (Phi) is 8.42. The molecule has 0 aliphatic heterocycles. The van der Waals surface area contributed by atoms with Gasteiger partial charge in [-0.15, -0.1) is 11.3 Å². The molecule has 2 aromatic carbocycles. The Labute approximate surface area is 194 Å². The van der Waals surface area contributed by atoms with E-state index < -0.39 is 10.0 Å². The predicted octanol–water partition coefficient (Wildman–Crippen LogP) is 4.87. The Morgan fingerprint density at radius 2 is 1.78 bits per heavy atom. The van der Waals surface area contributed by atoms with Crippen LogP contribution in [-0.4, -0.2) is 38.0 Å². The van der Waals surface area contributed by atoms with Crippen molar-refractivity contribution < 1.29 is 17.9 Å². The van der Waals surface area contributed by atoms with Crippen molar-refractivity contribution in [2.45, 2.75) is 45.2 Å². The number of rotatable bonds is 11. The molecule has 0 fully saturated rings. The molecule has 0 saturated heterocycles. The van der Waals surface area contributed by atoms with E-state index in [0.29, 0.717) is 31.9 Å². The van der Waals surface area contributed by atoms with Crippen molar-refractivity contribution in [3.63, 3.8) is 0 Å². The van der Waals surface area contributed by atoms with Crippen LogP contribution in [0.5, 0.6) is 5.75 Å². The fraction of sp³-hybridized carbons (Fsp3) is 0.375. The van der Waals surface area contributed by atoms with Gasteiger partial charge in [0.15, 0.2) is 0 Å². The fourth-order valence-electron chi connectivity index (χ4n) is 3.15. The van der Waals surface area contributed by atoms with Crippen LogP contribution in [0.3, 0.4) is 0 Å². The van der Waals surface area contributed by atoms with Crippen molar-refractivity contribution in [2.24, 2.45) is 0 Å². The van der Waals surface area contributed by atoms with Gasteiger partial charge in [-0.25, -0.2) is 13.4 Å². The average molecular weight is 475 g/mol. The van der Waals surface area contributed by atoms with Crippen molar-refractivity contribution in [2.75, 3.05) is 20.3 Å². The monoisotopic (exact) mass is 474 g/mol. The van der Waals surface area contributed by atoms with Crippen molar-refractivity contribution in [1.29, 1.82) is 0 Å². The zero-order chi connectivity index (χ0) is 23.1. The van der Waals surface area contributed by atoms with Crippen LogP contribution in [0.1, 0.15) is 33.8 Å². The van der Waals surface area contributed by atoms with Crippen molar-refractivity contribution >= 4 is 21.4 Å². The van der Waals surface area contributed by atoms with E-state index in [0.717, 1.165) is 16.3 Å². The second-order valence-corrected chi connectivity index (χ2v) is 10.6. The zero-order valence-corrected chi connectivity index (χ0v) is 20.6. The summed E-state index contributed by atoms with van der Waals surface area (Å²) in [4.78, 5) is 4.90. The van der Waals surface area contributed by atoms with Crippen LogP contribution in [0.2, 0.25) is 0 Å². The molecule has 0 spiro atoms. The number of aryl methyl sites for hydroxylation is 3. The minimum Gasteiger partial charge on any atom is -0.486 e. The van der Waals surface area contributed by atoms with Crippen molar-refractivity contribution in [3.8, 4) is 5.75 Å². The van der Waals surface area contributed by atoms with E-state index in [-0.39, 0.29) is 11.4 Å². The number of methoxy groups -OCH3 is 1. The van der Waals surface area contributed by atoms with Gasteiger partial charge >= 0.3 is 0 Å². The summed E-state index contributed by atoms with van der Waals surface area (Å²) >= 11 is 1.47. The molecule has 0 bridgehead atoms. The maximum Gasteiger partial charge on any atom is 0.243 e. The number of thiazole rings is 1. The molecular formula is C24H30N2O4S2. The molecule has 0 aliphatic rings. The molecule has 0 atom stereocenters. The summed E-state index contributed by atoms with van der Waals surface area (Å²) in [5, 5.41) is 2.70. The molecule has 3 rings (SSSR count). The second-order valence-electron chi connectivity index (χ2n) is 7.77. The lowest BCUT2D eigenvalue weighted by molar-refractivity contribution is 0.186. The molecule has 0 amide bonds. The highest BCUT2D eigenvalue weighted by molar-refractivity contribution is 7.89. The largest absolute Gasteiger partial charge is 0.486 e. The first-order valence-electron chi connectivity index (χ1n) is 10.5. The van der Waals surface area contributed by atoms with E-state index in [9.17, 15) is 8.42 Å². The van der Waals surface area contributed by atoms with E-state index in [1.165, 1.54) is 26.8 Å². The van der Waals surface area contributed by atoms with Gasteiger partial charge in [-0.1, -0.05) is 23.8 Å². The highest BCUT2D eigenvalue weighted by Gasteiger charge is 2.25. The van der Waals surface area contributed by atoms with Gasteiger partial charge in [0, 0.05) is 25.6 Å². The van der Waals surface area contributed by atoms with Gasteiger partial charge in [0.2, 0.25) is 10.0 Å². The predicted molar refractivity (Wildman–Crippen MR) is 128 cm³/mol. The Hall–Kier alpha value is -2.26. The summed E-state index contributed by atoms with van der Waals surface area (Å²) in [6.45, 7) is 7.46. The van der Waals surface area contributed by atoms with Gasteiger partial charge < -0.3 is 9.47 Å². The number of aromatic nitrogens is 1. The molecule has 1 heterocycles. The molecule has 1 aromatic heterocycles. The Morgan fingerprint density at radius 3 is 2.47 bits per heavy atom. The highest BCUT2D eigenvalue weighted by atomic mass is 32.2. The van der Waals surface area contributed by atoms with Crippen LogP contribution in [0.15, 0.2) is 52.7 Å². The number of benzene rings is 2. The van der Waals surface area contributed by atoms with Gasteiger partial charge in [-0.3, -0.25) is 0 Å². The summed E-state index contributed by atoms with van der Waals surface area (Å²) in [6, 6.07) is 12.9. The van der Waals surface area contributed by atoms with E-state index in [4.69, 9.17) is 9.47 Å². The minimum atomic E-state index is -3.64. The molecule has 0 radical (unpaired) electrons. The molecule has 0 aliphatic carbocycles. The number of hydrogen-bond acceptors (Lipinski definition) is 6. The number of ether oxygens (including phenoxy) is 2. The van der Waals surface area contributed by atoms with Crippen LogP contribution in [0.25, 0.3) is 0 Å². The lowest BCUT2D eigenvalue weighted by atomic mass is 10.1. The normalized spacial score (nSPS) is 11.8. The SMILES string of the molecule is COCCCN(Cc1csc(COc2ccc(C)c(C)c2)n1)S(=O)(=O)c1ccc(C)cc1. The highest BCUT2D eigenvalue weighted by Crippen LogP contribution is 2.22. The lowest BCUT2D eigenvalue weighted by Gasteiger charge is -2.21. The van der Waals surface area contributed by atoms with Gasteiger partial charge in [-0.05, 0) is 62.6 Å². The summed E-state index contributed by atoms with van der Waals surface area (Å²) < 4.78 is 39.0. The standard InChI is InChI=1S/C24H30N2O4S2/c1-18-6-10-23(11-7-18)32(27,28)26(12-5-13-29-4)15-21-17-31-24(25-21)16-30-22-9-8-19(2)20(3)14-22/h6-11,14,17H,5,12-13,15-16H2,1-4H3. The first-order chi connectivity index (χ1) is 15.3. The third-order valence-corrected chi connectivity index (χ3v) is 7.92. The molecule has 0 N–H and O–H groups in total. The first-order valence-corrected chi connectivity index (χ1v) is 12.8. The third-order valence-electron chi connectivity index (χ3n) is 5.19. The maximum absolute atomic E-state index is 13.3. The van der Waals surface area contributed by atoms with Crippen LogP contribution in [0.4, 0.5) is 0 Å². The molecule has 6 nitrogen and oxygen atoms in total. The maximum atomic E-state index is 13.3. The zero-order valence-electron chi connectivity index (χ0n) is 19.0. The Balaban J connectivity index is 1.71. The molecule has 3 aromatic rings. The Morgan fingerprint density at radius 1 is 1.03 bits per heavy atom. The van der Waals surface area contributed by atoms with E-state index in [2.05, 4.69) is 18.8 Å². The molecule has 0 saturated carbocycles. The van der Waals surface area contributed by atoms with Crippen molar-refractivity contribution in [3.05, 3.63) is 75.2 Å². The molecular weight excluding hydrogens is 444 g/mol. The van der Waals surface area contributed by atoms with Crippen LogP contribution in [-0.2, 0) is 27.9 Å². The number of hydrogen-bond donors (Lipinski definition) is 0. The third kappa shape index (κ3) is 6.38. The smallest absolute Gasteiger partial charge is 0.243 e. The van der Waals surface area contributed by atoms with Gasteiger partial charge in [0.25, 0.3) is 0 Å². The first kappa shape index (κ1) is 24.4. The Bertz CT molecular complexity index is 1130. The van der Waals surface area contributed by atoms with Crippen LogP contribution < -0.4 is 4.74 Å². The molecule has 32 heavy (non-hydrogen) atoms.